The lowest BCUT2D eigenvalue weighted by Gasteiger charge is -2.15. The van der Waals surface area contributed by atoms with E-state index in [2.05, 4.69) is 0 Å². The number of imide groups is 1. The first-order valence-corrected chi connectivity index (χ1v) is 11.2. The summed E-state index contributed by atoms with van der Waals surface area (Å²) in [5, 5.41) is -0.00980. The third kappa shape index (κ3) is 5.60. The average Bonchev–Trinajstić information content (AvgIpc) is 3.00. The maximum Gasteiger partial charge on any atom is 0.293 e. The predicted octanol–water partition coefficient (Wildman–Crippen LogP) is 6.29. The Kier molecular flexibility index (Phi) is 7.98. The molecule has 0 saturated carbocycles. The fourth-order valence-corrected chi connectivity index (χ4v) is 4.14. The van der Waals surface area contributed by atoms with Crippen LogP contribution in [0.5, 0.6) is 11.5 Å². The Morgan fingerprint density at radius 3 is 2.65 bits per heavy atom. The van der Waals surface area contributed by atoms with E-state index in [1.165, 1.54) is 11.0 Å². The van der Waals surface area contributed by atoms with Gasteiger partial charge in [-0.15, -0.1) is 0 Å². The van der Waals surface area contributed by atoms with Crippen molar-refractivity contribution in [1.82, 2.24) is 4.90 Å². The SMILES string of the molecule is CCCCN1C(=O)S/C(=C\c2cc(Cl)c(OCc3ccccc3F)c(OCC)c2)C1=O. The molecule has 2 amide bonds. The number of halogens is 2. The van der Waals surface area contributed by atoms with Gasteiger partial charge in [0.2, 0.25) is 0 Å². The van der Waals surface area contributed by atoms with E-state index in [0.29, 0.717) is 40.7 Å². The molecule has 0 radical (unpaired) electrons. The summed E-state index contributed by atoms with van der Waals surface area (Å²) in [5.74, 6) is -0.00724. The summed E-state index contributed by atoms with van der Waals surface area (Å²) in [6.07, 6.45) is 3.27. The van der Waals surface area contributed by atoms with Gasteiger partial charge >= 0.3 is 0 Å². The maximum absolute atomic E-state index is 13.9. The van der Waals surface area contributed by atoms with Crippen LogP contribution in [0.2, 0.25) is 5.02 Å². The Hall–Kier alpha value is -2.51. The Morgan fingerprint density at radius 2 is 1.94 bits per heavy atom. The fraction of sp³-hybridized carbons (Fsp3) is 0.304. The average molecular weight is 464 g/mol. The van der Waals surface area contributed by atoms with Crippen molar-refractivity contribution in [2.75, 3.05) is 13.2 Å². The van der Waals surface area contributed by atoms with Crippen molar-refractivity contribution in [3.8, 4) is 11.5 Å². The summed E-state index contributed by atoms with van der Waals surface area (Å²) in [7, 11) is 0. The molecular formula is C23H23ClFNO4S. The molecular weight excluding hydrogens is 441 g/mol. The van der Waals surface area contributed by atoms with E-state index in [1.807, 2.05) is 13.8 Å². The largest absolute Gasteiger partial charge is 0.490 e. The molecule has 3 rings (SSSR count). The normalized spacial score (nSPS) is 15.1. The van der Waals surface area contributed by atoms with E-state index in [-0.39, 0.29) is 28.6 Å². The van der Waals surface area contributed by atoms with Gasteiger partial charge in [-0.25, -0.2) is 4.39 Å². The van der Waals surface area contributed by atoms with Crippen LogP contribution in [-0.2, 0) is 11.4 Å². The van der Waals surface area contributed by atoms with Crippen LogP contribution in [0.25, 0.3) is 6.08 Å². The summed E-state index contributed by atoms with van der Waals surface area (Å²) in [6.45, 7) is 4.58. The van der Waals surface area contributed by atoms with Gasteiger partial charge in [-0.3, -0.25) is 14.5 Å². The first kappa shape index (κ1) is 23.2. The standard InChI is InChI=1S/C23H23ClFNO4S/c1-3-5-10-26-22(27)20(31-23(26)28)13-15-11-17(24)21(19(12-15)29-4-2)30-14-16-8-6-7-9-18(16)25/h6-9,11-13H,3-5,10,14H2,1-2H3/b20-13-. The molecule has 8 heteroatoms. The second-order valence-electron chi connectivity index (χ2n) is 6.83. The number of benzene rings is 2. The first-order chi connectivity index (χ1) is 14.9. The minimum absolute atomic E-state index is 0.0118. The molecule has 0 aliphatic carbocycles. The Balaban J connectivity index is 1.84. The highest BCUT2D eigenvalue weighted by molar-refractivity contribution is 8.18. The summed E-state index contributed by atoms with van der Waals surface area (Å²) in [6, 6.07) is 9.64. The van der Waals surface area contributed by atoms with Crippen LogP contribution in [0.4, 0.5) is 9.18 Å². The molecule has 1 fully saturated rings. The molecule has 5 nitrogen and oxygen atoms in total. The smallest absolute Gasteiger partial charge is 0.293 e. The monoisotopic (exact) mass is 463 g/mol. The number of hydrogen-bond acceptors (Lipinski definition) is 5. The number of carbonyl (C=O) groups excluding carboxylic acids is 2. The van der Waals surface area contributed by atoms with E-state index in [9.17, 15) is 14.0 Å². The molecule has 1 aliphatic heterocycles. The first-order valence-electron chi connectivity index (χ1n) is 10.0. The zero-order chi connectivity index (χ0) is 22.4. The van der Waals surface area contributed by atoms with Crippen LogP contribution >= 0.6 is 23.4 Å². The van der Waals surface area contributed by atoms with Gasteiger partial charge in [0.15, 0.2) is 11.5 Å². The van der Waals surface area contributed by atoms with Crippen molar-refractivity contribution >= 4 is 40.6 Å². The maximum atomic E-state index is 13.9. The van der Waals surface area contributed by atoms with Gasteiger partial charge in [0.05, 0.1) is 16.5 Å². The number of thioether (sulfide) groups is 1. The lowest BCUT2D eigenvalue weighted by Crippen LogP contribution is -2.29. The highest BCUT2D eigenvalue weighted by Gasteiger charge is 2.34. The van der Waals surface area contributed by atoms with Crippen LogP contribution in [-0.4, -0.2) is 29.2 Å². The molecule has 31 heavy (non-hydrogen) atoms. The minimum atomic E-state index is -0.369. The molecule has 0 aromatic heterocycles. The second-order valence-corrected chi connectivity index (χ2v) is 8.23. The molecule has 0 spiro atoms. The van der Waals surface area contributed by atoms with E-state index in [0.717, 1.165) is 24.6 Å². The van der Waals surface area contributed by atoms with Gasteiger partial charge in [-0.05, 0) is 54.9 Å². The van der Waals surface area contributed by atoms with Gasteiger partial charge in [-0.1, -0.05) is 43.1 Å². The zero-order valence-corrected chi connectivity index (χ0v) is 18.9. The summed E-state index contributed by atoms with van der Waals surface area (Å²) in [4.78, 5) is 26.3. The van der Waals surface area contributed by atoms with E-state index in [4.69, 9.17) is 21.1 Å². The minimum Gasteiger partial charge on any atom is -0.490 e. The molecule has 0 bridgehead atoms. The van der Waals surface area contributed by atoms with E-state index in [1.54, 1.807) is 36.4 Å². The molecule has 1 aliphatic rings. The van der Waals surface area contributed by atoms with Gasteiger partial charge in [0.25, 0.3) is 11.1 Å². The number of carbonyl (C=O) groups is 2. The second kappa shape index (κ2) is 10.7. The van der Waals surface area contributed by atoms with Crippen LogP contribution in [0, 0.1) is 5.82 Å². The number of nitrogens with zero attached hydrogens (tertiary/aromatic N) is 1. The van der Waals surface area contributed by atoms with Crippen molar-refractivity contribution in [3.63, 3.8) is 0 Å². The highest BCUT2D eigenvalue weighted by Crippen LogP contribution is 2.39. The molecule has 2 aromatic rings. The quantitative estimate of drug-likeness (QED) is 0.409. The number of amides is 2. The van der Waals surface area contributed by atoms with Crippen molar-refractivity contribution in [3.05, 3.63) is 63.3 Å². The Labute approximate surface area is 190 Å². The number of unbranched alkanes of at least 4 members (excludes halogenated alkanes) is 1. The Bertz CT molecular complexity index is 1010. The zero-order valence-electron chi connectivity index (χ0n) is 17.3. The van der Waals surface area contributed by atoms with Crippen LogP contribution in [0.15, 0.2) is 41.3 Å². The van der Waals surface area contributed by atoms with Gasteiger partial charge < -0.3 is 9.47 Å². The summed E-state index contributed by atoms with van der Waals surface area (Å²) in [5.41, 5.74) is 0.999. The summed E-state index contributed by atoms with van der Waals surface area (Å²) >= 11 is 7.33. The molecule has 0 unspecified atom stereocenters. The van der Waals surface area contributed by atoms with Crippen molar-refractivity contribution < 1.29 is 23.5 Å². The van der Waals surface area contributed by atoms with Crippen molar-refractivity contribution in [1.29, 1.82) is 0 Å². The van der Waals surface area contributed by atoms with Crippen LogP contribution in [0.3, 0.4) is 0 Å². The lowest BCUT2D eigenvalue weighted by molar-refractivity contribution is -0.122. The molecule has 0 N–H and O–H groups in total. The van der Waals surface area contributed by atoms with Gasteiger partial charge in [0.1, 0.15) is 12.4 Å². The predicted molar refractivity (Wildman–Crippen MR) is 121 cm³/mol. The Morgan fingerprint density at radius 1 is 1.16 bits per heavy atom. The fourth-order valence-electron chi connectivity index (χ4n) is 3.00. The van der Waals surface area contributed by atoms with Crippen LogP contribution < -0.4 is 9.47 Å². The number of rotatable bonds is 9. The third-order valence-electron chi connectivity index (χ3n) is 4.57. The molecule has 2 aromatic carbocycles. The summed E-state index contributed by atoms with van der Waals surface area (Å²) < 4.78 is 25.3. The molecule has 1 saturated heterocycles. The van der Waals surface area contributed by atoms with Gasteiger partial charge in [-0.2, -0.15) is 0 Å². The number of hydrogen-bond donors (Lipinski definition) is 0. The van der Waals surface area contributed by atoms with E-state index < -0.39 is 0 Å². The third-order valence-corrected chi connectivity index (χ3v) is 5.76. The molecule has 1 heterocycles. The molecule has 164 valence electrons. The highest BCUT2D eigenvalue weighted by atomic mass is 35.5. The van der Waals surface area contributed by atoms with Crippen LogP contribution in [0.1, 0.15) is 37.8 Å². The number of ether oxygens (including phenoxy) is 2. The molecule has 0 atom stereocenters. The van der Waals surface area contributed by atoms with Gasteiger partial charge in [0, 0.05) is 12.1 Å². The van der Waals surface area contributed by atoms with E-state index >= 15 is 0 Å². The van der Waals surface area contributed by atoms with Crippen molar-refractivity contribution in [2.45, 2.75) is 33.3 Å². The van der Waals surface area contributed by atoms with Crippen molar-refractivity contribution in [2.24, 2.45) is 0 Å². The lowest BCUT2D eigenvalue weighted by atomic mass is 10.1. The topological polar surface area (TPSA) is 55.8 Å².